The molecule has 1 aliphatic heterocycles. The van der Waals surface area contributed by atoms with Crippen LogP contribution in [0.3, 0.4) is 0 Å². The van der Waals surface area contributed by atoms with Crippen molar-refractivity contribution in [3.8, 4) is 9.88 Å². The number of hydrogen-bond acceptors (Lipinski definition) is 6. The number of benzene rings is 1. The number of nitrogens with zero attached hydrogens (tertiary/aromatic N) is 2. The summed E-state index contributed by atoms with van der Waals surface area (Å²) < 4.78 is 5.49. The number of hydrogen-bond donors (Lipinski definition) is 0. The van der Waals surface area contributed by atoms with Gasteiger partial charge in [0.1, 0.15) is 9.88 Å². The van der Waals surface area contributed by atoms with Crippen molar-refractivity contribution in [2.45, 2.75) is 32.9 Å². The topological polar surface area (TPSA) is 59.5 Å². The van der Waals surface area contributed by atoms with Crippen LogP contribution >= 0.6 is 22.7 Å². The van der Waals surface area contributed by atoms with Crippen LogP contribution in [-0.2, 0) is 22.5 Å². The van der Waals surface area contributed by atoms with E-state index in [4.69, 9.17) is 4.74 Å². The first-order valence-electron chi connectivity index (χ1n) is 9.11. The van der Waals surface area contributed by atoms with Crippen molar-refractivity contribution in [2.24, 2.45) is 0 Å². The van der Waals surface area contributed by atoms with Gasteiger partial charge in [-0.05, 0) is 42.8 Å². The van der Waals surface area contributed by atoms with Gasteiger partial charge in [-0.15, -0.1) is 22.7 Å². The molecule has 0 radical (unpaired) electrons. The first-order chi connectivity index (χ1) is 13.5. The van der Waals surface area contributed by atoms with Gasteiger partial charge in [0.2, 0.25) is 0 Å². The maximum Gasteiger partial charge on any atom is 0.351 e. The molecule has 0 spiro atoms. The van der Waals surface area contributed by atoms with E-state index in [1.165, 1.54) is 16.9 Å². The Morgan fingerprint density at radius 1 is 1.18 bits per heavy atom. The summed E-state index contributed by atoms with van der Waals surface area (Å²) >= 11 is 2.88. The third-order valence-electron chi connectivity index (χ3n) is 4.79. The van der Waals surface area contributed by atoms with E-state index in [1.54, 1.807) is 30.1 Å². The lowest BCUT2D eigenvalue weighted by Gasteiger charge is -2.30. The van der Waals surface area contributed by atoms with E-state index in [9.17, 15) is 9.59 Å². The van der Waals surface area contributed by atoms with E-state index in [1.807, 2.05) is 35.7 Å². The molecular weight excluding hydrogens is 392 g/mol. The number of rotatable bonds is 4. The minimum Gasteiger partial charge on any atom is -0.448 e. The standard InChI is InChI=1S/C21H20N2O3S2/c1-13-18(28-19(22-13)17-8-5-11-27-17)21(25)26-14(2)20(24)23-10-9-15-6-3-4-7-16(15)12-23/h3-8,11,14H,9-10,12H2,1-2H3. The molecule has 1 aromatic carbocycles. The molecule has 7 heteroatoms. The summed E-state index contributed by atoms with van der Waals surface area (Å²) in [6.45, 7) is 4.62. The number of aryl methyl sites for hydroxylation is 1. The van der Waals surface area contributed by atoms with E-state index in [0.29, 0.717) is 23.7 Å². The van der Waals surface area contributed by atoms with Gasteiger partial charge in [0.15, 0.2) is 6.10 Å². The molecule has 1 unspecified atom stereocenters. The molecule has 144 valence electrons. The number of esters is 1. The Labute approximate surface area is 171 Å². The monoisotopic (exact) mass is 412 g/mol. The van der Waals surface area contributed by atoms with Gasteiger partial charge >= 0.3 is 5.97 Å². The molecule has 3 aromatic rings. The van der Waals surface area contributed by atoms with Crippen molar-refractivity contribution in [2.75, 3.05) is 6.54 Å². The Morgan fingerprint density at radius 2 is 1.96 bits per heavy atom. The number of ether oxygens (including phenoxy) is 1. The summed E-state index contributed by atoms with van der Waals surface area (Å²) in [6, 6.07) is 12.1. The van der Waals surface area contributed by atoms with Crippen molar-refractivity contribution in [1.82, 2.24) is 9.88 Å². The Morgan fingerprint density at radius 3 is 2.71 bits per heavy atom. The van der Waals surface area contributed by atoms with E-state index in [-0.39, 0.29) is 5.91 Å². The van der Waals surface area contributed by atoms with E-state index < -0.39 is 12.1 Å². The van der Waals surface area contributed by atoms with Crippen molar-refractivity contribution in [3.05, 3.63) is 63.5 Å². The second-order valence-electron chi connectivity index (χ2n) is 6.74. The minimum absolute atomic E-state index is 0.163. The molecule has 0 N–H and O–H groups in total. The molecule has 0 saturated carbocycles. The van der Waals surface area contributed by atoms with E-state index in [0.717, 1.165) is 21.9 Å². The highest BCUT2D eigenvalue weighted by Crippen LogP contribution is 2.31. The Hall–Kier alpha value is -2.51. The van der Waals surface area contributed by atoms with Crippen LogP contribution in [0.4, 0.5) is 0 Å². The number of thiophene rings is 1. The predicted molar refractivity (Wildman–Crippen MR) is 111 cm³/mol. The molecule has 0 bridgehead atoms. The largest absolute Gasteiger partial charge is 0.448 e. The van der Waals surface area contributed by atoms with Crippen LogP contribution in [0.2, 0.25) is 0 Å². The molecule has 1 aliphatic rings. The highest BCUT2D eigenvalue weighted by atomic mass is 32.1. The summed E-state index contributed by atoms with van der Waals surface area (Å²) in [6.07, 6.45) is -0.00907. The number of aromatic nitrogens is 1. The van der Waals surface area contributed by atoms with Gasteiger partial charge in [0.25, 0.3) is 5.91 Å². The molecule has 0 aliphatic carbocycles. The molecule has 2 aromatic heterocycles. The summed E-state index contributed by atoms with van der Waals surface area (Å²) in [5, 5.41) is 2.77. The lowest BCUT2D eigenvalue weighted by atomic mass is 9.99. The van der Waals surface area contributed by atoms with E-state index >= 15 is 0 Å². The molecule has 0 saturated heterocycles. The van der Waals surface area contributed by atoms with Gasteiger partial charge < -0.3 is 9.64 Å². The predicted octanol–water partition coefficient (Wildman–Crippen LogP) is 4.31. The number of carbonyl (C=O) groups is 2. The third-order valence-corrected chi connectivity index (χ3v) is 6.96. The maximum absolute atomic E-state index is 12.8. The fraction of sp³-hybridized carbons (Fsp3) is 0.286. The molecule has 1 atom stereocenters. The van der Waals surface area contributed by atoms with Crippen LogP contribution in [0.25, 0.3) is 9.88 Å². The van der Waals surface area contributed by atoms with Crippen molar-refractivity contribution in [1.29, 1.82) is 0 Å². The molecule has 0 fully saturated rings. The van der Waals surface area contributed by atoms with Gasteiger partial charge in [0, 0.05) is 13.1 Å². The van der Waals surface area contributed by atoms with Gasteiger partial charge in [-0.1, -0.05) is 30.3 Å². The Bertz CT molecular complexity index is 1010. The highest BCUT2D eigenvalue weighted by Gasteiger charge is 2.28. The minimum atomic E-state index is -0.829. The fourth-order valence-electron chi connectivity index (χ4n) is 3.30. The van der Waals surface area contributed by atoms with Crippen LogP contribution in [0.5, 0.6) is 0 Å². The number of carbonyl (C=O) groups excluding carboxylic acids is 2. The summed E-state index contributed by atoms with van der Waals surface area (Å²) in [5.74, 6) is -0.653. The third kappa shape index (κ3) is 3.72. The Kier molecular flexibility index (Phi) is 5.28. The molecule has 5 nitrogen and oxygen atoms in total. The summed E-state index contributed by atoms with van der Waals surface area (Å²) in [5.41, 5.74) is 3.06. The normalized spacial score (nSPS) is 14.4. The first kappa shape index (κ1) is 18.8. The van der Waals surface area contributed by atoms with Crippen molar-refractivity contribution in [3.63, 3.8) is 0 Å². The average molecular weight is 413 g/mol. The molecule has 28 heavy (non-hydrogen) atoms. The lowest BCUT2D eigenvalue weighted by molar-refractivity contribution is -0.140. The average Bonchev–Trinajstić information content (AvgIpc) is 3.36. The summed E-state index contributed by atoms with van der Waals surface area (Å²) in [7, 11) is 0. The molecule has 1 amide bonds. The summed E-state index contributed by atoms with van der Waals surface area (Å²) in [4.78, 5) is 33.1. The van der Waals surface area contributed by atoms with Crippen LogP contribution in [0, 0.1) is 6.92 Å². The van der Waals surface area contributed by atoms with Gasteiger partial charge in [-0.2, -0.15) is 0 Å². The number of amides is 1. The highest BCUT2D eigenvalue weighted by molar-refractivity contribution is 7.22. The molecular formula is C21H20N2O3S2. The first-order valence-corrected chi connectivity index (χ1v) is 10.8. The van der Waals surface area contributed by atoms with Gasteiger partial charge in [0.05, 0.1) is 10.6 Å². The van der Waals surface area contributed by atoms with Gasteiger partial charge in [-0.3, -0.25) is 4.79 Å². The Balaban J connectivity index is 1.43. The number of thiazole rings is 1. The lowest BCUT2D eigenvalue weighted by Crippen LogP contribution is -2.42. The van der Waals surface area contributed by atoms with Gasteiger partial charge in [-0.25, -0.2) is 9.78 Å². The van der Waals surface area contributed by atoms with Crippen LogP contribution in [0.15, 0.2) is 41.8 Å². The second kappa shape index (κ2) is 7.85. The quantitative estimate of drug-likeness (QED) is 0.599. The molecule has 3 heterocycles. The van der Waals surface area contributed by atoms with Crippen molar-refractivity contribution < 1.29 is 14.3 Å². The van der Waals surface area contributed by atoms with Crippen LogP contribution < -0.4 is 0 Å². The SMILES string of the molecule is Cc1nc(-c2cccs2)sc1C(=O)OC(C)C(=O)N1CCc2ccccc2C1. The molecule has 4 rings (SSSR count). The number of fused-ring (bicyclic) bond motifs is 1. The maximum atomic E-state index is 12.8. The van der Waals surface area contributed by atoms with Crippen molar-refractivity contribution >= 4 is 34.6 Å². The van der Waals surface area contributed by atoms with E-state index in [2.05, 4.69) is 11.1 Å². The zero-order chi connectivity index (χ0) is 19.7. The van der Waals surface area contributed by atoms with Crippen LogP contribution in [0.1, 0.15) is 33.4 Å². The van der Waals surface area contributed by atoms with Crippen LogP contribution in [-0.4, -0.2) is 34.4 Å². The zero-order valence-electron chi connectivity index (χ0n) is 15.7. The smallest absolute Gasteiger partial charge is 0.351 e. The fourth-order valence-corrected chi connectivity index (χ4v) is 5.04. The zero-order valence-corrected chi connectivity index (χ0v) is 17.3. The second-order valence-corrected chi connectivity index (χ2v) is 8.68.